The minimum Gasteiger partial charge on any atom is -0.352 e. The van der Waals surface area contributed by atoms with E-state index in [2.05, 4.69) is 10.3 Å². The molecule has 5 nitrogen and oxygen atoms in total. The van der Waals surface area contributed by atoms with E-state index in [1.165, 1.54) is 0 Å². The van der Waals surface area contributed by atoms with Gasteiger partial charge in [-0.25, -0.2) is 0 Å². The topological polar surface area (TPSA) is 62.3 Å². The van der Waals surface area contributed by atoms with Gasteiger partial charge in [-0.1, -0.05) is 29.8 Å². The second kappa shape index (κ2) is 11.0. The Bertz CT molecular complexity index is 813. The average molecular weight is 414 g/mol. The first kappa shape index (κ1) is 21.3. The Balaban J connectivity index is 1.38. The summed E-state index contributed by atoms with van der Waals surface area (Å²) in [5.74, 6) is 0.625. The standard InChI is InChI=1S/C23H28ClN3O2/c24-21-6-2-1-5-20(21)16-26-22(28)9-7-19-4-3-15-27(17-19)23(29)10-8-18-11-13-25-14-12-18/h1-2,5-6,11-14,19H,3-4,7-10,15-17H2,(H,26,28)/t19-/m0/s1. The monoisotopic (exact) mass is 413 g/mol. The van der Waals surface area contributed by atoms with E-state index < -0.39 is 0 Å². The third-order valence-electron chi connectivity index (χ3n) is 5.46. The van der Waals surface area contributed by atoms with Crippen LogP contribution in [-0.4, -0.2) is 34.8 Å². The van der Waals surface area contributed by atoms with Gasteiger partial charge in [-0.15, -0.1) is 0 Å². The molecule has 2 aromatic rings. The number of rotatable bonds is 8. The second-order valence-corrected chi connectivity index (χ2v) is 8.02. The molecule has 6 heteroatoms. The summed E-state index contributed by atoms with van der Waals surface area (Å²) >= 11 is 6.13. The van der Waals surface area contributed by atoms with Crippen molar-refractivity contribution >= 4 is 23.4 Å². The van der Waals surface area contributed by atoms with Gasteiger partial charge in [0.05, 0.1) is 0 Å². The lowest BCUT2D eigenvalue weighted by atomic mass is 9.93. The van der Waals surface area contributed by atoms with E-state index in [1.54, 1.807) is 12.4 Å². The van der Waals surface area contributed by atoms with Gasteiger partial charge in [0.2, 0.25) is 11.8 Å². The molecular weight excluding hydrogens is 386 g/mol. The predicted molar refractivity (Wildman–Crippen MR) is 114 cm³/mol. The highest BCUT2D eigenvalue weighted by Gasteiger charge is 2.23. The van der Waals surface area contributed by atoms with Crippen molar-refractivity contribution in [2.45, 2.75) is 45.1 Å². The number of hydrogen-bond acceptors (Lipinski definition) is 3. The summed E-state index contributed by atoms with van der Waals surface area (Å²) in [5.41, 5.74) is 2.06. The second-order valence-electron chi connectivity index (χ2n) is 7.61. The summed E-state index contributed by atoms with van der Waals surface area (Å²) in [7, 11) is 0. The van der Waals surface area contributed by atoms with Crippen molar-refractivity contribution in [3.05, 3.63) is 64.9 Å². The Hall–Kier alpha value is -2.40. The molecule has 2 amide bonds. The lowest BCUT2D eigenvalue weighted by Crippen LogP contribution is -2.40. The van der Waals surface area contributed by atoms with Crippen LogP contribution in [-0.2, 0) is 22.6 Å². The number of benzene rings is 1. The molecule has 0 unspecified atom stereocenters. The van der Waals surface area contributed by atoms with Gasteiger partial charge < -0.3 is 10.2 Å². The predicted octanol–water partition coefficient (Wildman–Crippen LogP) is 4.00. The number of amides is 2. The minimum atomic E-state index is 0.0334. The summed E-state index contributed by atoms with van der Waals surface area (Å²) < 4.78 is 0. The van der Waals surface area contributed by atoms with E-state index in [1.807, 2.05) is 41.3 Å². The molecule has 1 fully saturated rings. The Kier molecular flexibility index (Phi) is 8.05. The Labute approximate surface area is 177 Å². The molecule has 0 aliphatic carbocycles. The quantitative estimate of drug-likeness (QED) is 0.711. The van der Waals surface area contributed by atoms with Crippen molar-refractivity contribution in [3.8, 4) is 0 Å². The number of nitrogens with zero attached hydrogens (tertiary/aromatic N) is 2. The van der Waals surface area contributed by atoms with Gasteiger partial charge in [0.25, 0.3) is 0 Å². The van der Waals surface area contributed by atoms with Crippen molar-refractivity contribution in [1.82, 2.24) is 15.2 Å². The zero-order valence-corrected chi connectivity index (χ0v) is 17.4. The van der Waals surface area contributed by atoms with Gasteiger partial charge in [-0.3, -0.25) is 14.6 Å². The molecule has 0 spiro atoms. The molecule has 1 saturated heterocycles. The van der Waals surface area contributed by atoms with Gasteiger partial charge >= 0.3 is 0 Å². The van der Waals surface area contributed by atoms with Crippen LogP contribution in [0.4, 0.5) is 0 Å². The van der Waals surface area contributed by atoms with Crippen LogP contribution in [0.1, 0.15) is 43.2 Å². The Morgan fingerprint density at radius 1 is 1.14 bits per heavy atom. The molecule has 0 saturated carbocycles. The summed E-state index contributed by atoms with van der Waals surface area (Å²) in [6.45, 7) is 2.03. The molecule has 1 aromatic heterocycles. The number of hydrogen-bond donors (Lipinski definition) is 1. The van der Waals surface area contributed by atoms with E-state index >= 15 is 0 Å². The molecule has 0 bridgehead atoms. The molecule has 3 rings (SSSR count). The van der Waals surface area contributed by atoms with Crippen LogP contribution in [0.25, 0.3) is 0 Å². The normalized spacial score (nSPS) is 16.4. The van der Waals surface area contributed by atoms with E-state index in [0.717, 1.165) is 49.9 Å². The highest BCUT2D eigenvalue weighted by atomic mass is 35.5. The minimum absolute atomic E-state index is 0.0334. The first-order valence-corrected chi connectivity index (χ1v) is 10.7. The Morgan fingerprint density at radius 3 is 2.72 bits per heavy atom. The van der Waals surface area contributed by atoms with Crippen molar-refractivity contribution in [1.29, 1.82) is 0 Å². The maximum absolute atomic E-state index is 12.6. The zero-order valence-electron chi connectivity index (χ0n) is 16.6. The summed E-state index contributed by atoms with van der Waals surface area (Å²) in [6.07, 6.45) is 8.15. The van der Waals surface area contributed by atoms with Gasteiger partial charge in [0.1, 0.15) is 0 Å². The summed E-state index contributed by atoms with van der Waals surface area (Å²) in [5, 5.41) is 3.61. The number of nitrogens with one attached hydrogen (secondary N) is 1. The number of carbonyl (C=O) groups excluding carboxylic acids is 2. The molecule has 2 heterocycles. The van der Waals surface area contributed by atoms with Gasteiger partial charge in [-0.05, 0) is 60.9 Å². The van der Waals surface area contributed by atoms with Gasteiger partial charge in [-0.2, -0.15) is 0 Å². The maximum atomic E-state index is 12.6. The third-order valence-corrected chi connectivity index (χ3v) is 5.83. The highest BCUT2D eigenvalue weighted by Crippen LogP contribution is 2.22. The number of halogens is 1. The maximum Gasteiger partial charge on any atom is 0.222 e. The molecule has 0 radical (unpaired) electrons. The smallest absolute Gasteiger partial charge is 0.222 e. The molecule has 154 valence electrons. The number of aryl methyl sites for hydroxylation is 1. The van der Waals surface area contributed by atoms with E-state index in [4.69, 9.17) is 11.6 Å². The van der Waals surface area contributed by atoms with Crippen LogP contribution in [0.15, 0.2) is 48.8 Å². The third kappa shape index (κ3) is 6.86. The fourth-order valence-corrected chi connectivity index (χ4v) is 3.95. The SMILES string of the molecule is O=C(CC[C@@H]1CCCN(C(=O)CCc2ccncc2)C1)NCc1ccccc1Cl. The van der Waals surface area contributed by atoms with Crippen LogP contribution in [0, 0.1) is 5.92 Å². The molecule has 1 aromatic carbocycles. The summed E-state index contributed by atoms with van der Waals surface area (Å²) in [4.78, 5) is 30.7. The van der Waals surface area contributed by atoms with Gasteiger partial charge in [0.15, 0.2) is 0 Å². The molecular formula is C23H28ClN3O2. The molecule has 29 heavy (non-hydrogen) atoms. The zero-order chi connectivity index (χ0) is 20.5. The number of likely N-dealkylation sites (tertiary alicyclic amines) is 1. The van der Waals surface area contributed by atoms with E-state index in [0.29, 0.717) is 30.3 Å². The molecule has 1 aliphatic rings. The van der Waals surface area contributed by atoms with E-state index in [-0.39, 0.29) is 11.8 Å². The first-order chi connectivity index (χ1) is 14.1. The van der Waals surface area contributed by atoms with E-state index in [9.17, 15) is 9.59 Å². The summed E-state index contributed by atoms with van der Waals surface area (Å²) in [6, 6.07) is 11.4. The van der Waals surface area contributed by atoms with Crippen molar-refractivity contribution in [3.63, 3.8) is 0 Å². The number of piperidine rings is 1. The van der Waals surface area contributed by atoms with Crippen LogP contribution in [0.5, 0.6) is 0 Å². The number of carbonyl (C=O) groups is 2. The number of pyridine rings is 1. The molecule has 1 N–H and O–H groups in total. The fourth-order valence-electron chi connectivity index (χ4n) is 3.75. The highest BCUT2D eigenvalue weighted by molar-refractivity contribution is 6.31. The number of aromatic nitrogens is 1. The molecule has 1 aliphatic heterocycles. The van der Waals surface area contributed by atoms with Crippen molar-refractivity contribution in [2.75, 3.05) is 13.1 Å². The van der Waals surface area contributed by atoms with Crippen LogP contribution in [0.3, 0.4) is 0 Å². The molecule has 1 atom stereocenters. The first-order valence-electron chi connectivity index (χ1n) is 10.3. The van der Waals surface area contributed by atoms with Crippen molar-refractivity contribution in [2.24, 2.45) is 5.92 Å². The average Bonchev–Trinajstić information content (AvgIpc) is 2.76. The fraction of sp³-hybridized carbons (Fsp3) is 0.435. The lowest BCUT2D eigenvalue weighted by Gasteiger charge is -2.33. The van der Waals surface area contributed by atoms with Crippen molar-refractivity contribution < 1.29 is 9.59 Å². The van der Waals surface area contributed by atoms with Crippen LogP contribution < -0.4 is 5.32 Å². The van der Waals surface area contributed by atoms with Crippen LogP contribution >= 0.6 is 11.6 Å². The largest absolute Gasteiger partial charge is 0.352 e. The lowest BCUT2D eigenvalue weighted by molar-refractivity contribution is -0.133. The Morgan fingerprint density at radius 2 is 1.93 bits per heavy atom. The van der Waals surface area contributed by atoms with Crippen LogP contribution in [0.2, 0.25) is 5.02 Å². The van der Waals surface area contributed by atoms with Gasteiger partial charge in [0, 0.05) is 49.9 Å².